The van der Waals surface area contributed by atoms with E-state index in [9.17, 15) is 9.59 Å². The fourth-order valence-corrected chi connectivity index (χ4v) is 4.19. The third-order valence-corrected chi connectivity index (χ3v) is 6.05. The Morgan fingerprint density at radius 3 is 2.06 bits per heavy atom. The first kappa shape index (κ1) is 22.7. The van der Waals surface area contributed by atoms with Gasteiger partial charge in [0.05, 0.1) is 12.5 Å². The quantitative estimate of drug-likeness (QED) is 0.515. The van der Waals surface area contributed by atoms with Crippen molar-refractivity contribution in [2.75, 3.05) is 13.1 Å². The highest BCUT2D eigenvalue weighted by molar-refractivity contribution is 5.94. The lowest BCUT2D eigenvalue weighted by molar-refractivity contribution is -0.121. The summed E-state index contributed by atoms with van der Waals surface area (Å²) in [6.45, 7) is 3.83. The van der Waals surface area contributed by atoms with Crippen LogP contribution in [0.5, 0.6) is 0 Å². The van der Waals surface area contributed by atoms with Crippen LogP contribution in [0.4, 0.5) is 0 Å². The fourth-order valence-electron chi connectivity index (χ4n) is 4.19. The average molecular weight is 442 g/mol. The molecule has 170 valence electrons. The molecule has 1 heterocycles. The summed E-state index contributed by atoms with van der Waals surface area (Å²) in [6.07, 6.45) is 2.76. The summed E-state index contributed by atoms with van der Waals surface area (Å²) in [5.74, 6) is -0.288. The summed E-state index contributed by atoms with van der Waals surface area (Å²) in [5, 5.41) is 6.02. The van der Waals surface area contributed by atoms with E-state index in [0.29, 0.717) is 12.1 Å². The van der Waals surface area contributed by atoms with Crippen LogP contribution in [0, 0.1) is 0 Å². The number of amides is 2. The van der Waals surface area contributed by atoms with Gasteiger partial charge in [0.1, 0.15) is 0 Å². The Bertz CT molecular complexity index is 1030. The van der Waals surface area contributed by atoms with Crippen LogP contribution in [0.1, 0.15) is 52.4 Å². The number of carbonyl (C=O) groups excluding carboxylic acids is 2. The Labute approximate surface area is 195 Å². The fraction of sp³-hybridized carbons (Fsp3) is 0.286. The molecule has 1 saturated heterocycles. The Morgan fingerprint density at radius 2 is 1.39 bits per heavy atom. The molecule has 33 heavy (non-hydrogen) atoms. The van der Waals surface area contributed by atoms with Crippen LogP contribution in [0.3, 0.4) is 0 Å². The third kappa shape index (κ3) is 6.77. The molecule has 2 N–H and O–H groups in total. The van der Waals surface area contributed by atoms with Gasteiger partial charge < -0.3 is 10.6 Å². The van der Waals surface area contributed by atoms with E-state index in [1.807, 2.05) is 48.5 Å². The number of nitrogens with zero attached hydrogens (tertiary/aromatic N) is 1. The van der Waals surface area contributed by atoms with Gasteiger partial charge in [0, 0.05) is 18.7 Å². The van der Waals surface area contributed by atoms with Gasteiger partial charge >= 0.3 is 0 Å². The van der Waals surface area contributed by atoms with Crippen molar-refractivity contribution in [2.45, 2.75) is 38.4 Å². The summed E-state index contributed by atoms with van der Waals surface area (Å²) in [7, 11) is 0. The molecular weight excluding hydrogens is 410 g/mol. The molecule has 0 radical (unpaired) electrons. The highest BCUT2D eigenvalue weighted by atomic mass is 16.2. The minimum atomic E-state index is -0.401. The Balaban J connectivity index is 1.33. The van der Waals surface area contributed by atoms with Gasteiger partial charge in [-0.2, -0.15) is 0 Å². The predicted octanol–water partition coefficient (Wildman–Crippen LogP) is 4.46. The summed E-state index contributed by atoms with van der Waals surface area (Å²) in [4.78, 5) is 27.9. The Morgan fingerprint density at radius 1 is 0.788 bits per heavy atom. The van der Waals surface area contributed by atoms with Crippen molar-refractivity contribution in [1.29, 1.82) is 0 Å². The topological polar surface area (TPSA) is 61.4 Å². The first-order chi connectivity index (χ1) is 16.2. The van der Waals surface area contributed by atoms with Crippen molar-refractivity contribution >= 4 is 11.8 Å². The molecule has 2 amide bonds. The van der Waals surface area contributed by atoms with E-state index in [1.54, 1.807) is 12.1 Å². The zero-order valence-corrected chi connectivity index (χ0v) is 18.9. The van der Waals surface area contributed by atoms with Crippen molar-refractivity contribution in [2.24, 2.45) is 0 Å². The minimum Gasteiger partial charge on any atom is -0.352 e. The molecule has 1 aliphatic heterocycles. The molecule has 0 spiro atoms. The van der Waals surface area contributed by atoms with Gasteiger partial charge in [-0.3, -0.25) is 14.5 Å². The molecule has 1 unspecified atom stereocenters. The van der Waals surface area contributed by atoms with Crippen LogP contribution in [0.2, 0.25) is 0 Å². The normalized spacial score (nSPS) is 14.5. The molecule has 5 nitrogen and oxygen atoms in total. The first-order valence-electron chi connectivity index (χ1n) is 11.6. The number of likely N-dealkylation sites (tertiary alicyclic amines) is 1. The summed E-state index contributed by atoms with van der Waals surface area (Å²) < 4.78 is 0. The summed E-state index contributed by atoms with van der Waals surface area (Å²) in [5.41, 5.74) is 3.86. The highest BCUT2D eigenvalue weighted by Gasteiger charge is 2.19. The monoisotopic (exact) mass is 441 g/mol. The minimum absolute atomic E-state index is 0.0987. The Kier molecular flexibility index (Phi) is 7.88. The van der Waals surface area contributed by atoms with E-state index >= 15 is 0 Å². The Hall–Kier alpha value is -3.44. The lowest BCUT2D eigenvalue weighted by Gasteiger charge is -2.19. The maximum Gasteiger partial charge on any atom is 0.251 e. The smallest absolute Gasteiger partial charge is 0.251 e. The molecule has 3 aromatic carbocycles. The molecule has 5 heteroatoms. The lowest BCUT2D eigenvalue weighted by atomic mass is 10.0. The largest absolute Gasteiger partial charge is 0.352 e. The molecule has 1 atom stereocenters. The maximum absolute atomic E-state index is 12.7. The van der Waals surface area contributed by atoms with E-state index in [-0.39, 0.29) is 18.2 Å². The van der Waals surface area contributed by atoms with Gasteiger partial charge in [-0.05, 0) is 54.8 Å². The van der Waals surface area contributed by atoms with Crippen molar-refractivity contribution in [3.63, 3.8) is 0 Å². The zero-order chi connectivity index (χ0) is 22.9. The number of hydrogen-bond acceptors (Lipinski definition) is 3. The van der Waals surface area contributed by atoms with Crippen molar-refractivity contribution < 1.29 is 9.59 Å². The second kappa shape index (κ2) is 11.4. The van der Waals surface area contributed by atoms with E-state index in [0.717, 1.165) is 17.7 Å². The standard InChI is InChI=1S/C28H31N3O2/c32-27(29-20-22-13-15-23(16-14-22)21-31-17-7-8-18-31)19-26(24-9-3-1-4-10-24)30-28(33)25-11-5-2-6-12-25/h1-6,9-16,26H,7-8,17-21H2,(H,29,32)(H,30,33). The van der Waals surface area contributed by atoms with Gasteiger partial charge in [0.15, 0.2) is 0 Å². The van der Waals surface area contributed by atoms with Gasteiger partial charge in [-0.25, -0.2) is 0 Å². The van der Waals surface area contributed by atoms with Crippen LogP contribution in [-0.2, 0) is 17.9 Å². The SMILES string of the molecule is O=C(CC(NC(=O)c1ccccc1)c1ccccc1)NCc1ccc(CN2CCCC2)cc1. The van der Waals surface area contributed by atoms with E-state index in [2.05, 4.69) is 39.8 Å². The number of rotatable bonds is 9. The average Bonchev–Trinajstić information content (AvgIpc) is 3.37. The van der Waals surface area contributed by atoms with Crippen molar-refractivity contribution in [1.82, 2.24) is 15.5 Å². The van der Waals surface area contributed by atoms with Crippen molar-refractivity contribution in [3.05, 3.63) is 107 Å². The van der Waals surface area contributed by atoms with E-state index in [4.69, 9.17) is 0 Å². The maximum atomic E-state index is 12.7. The molecule has 1 fully saturated rings. The molecule has 1 aliphatic rings. The van der Waals surface area contributed by atoms with Gasteiger partial charge in [-0.1, -0.05) is 72.8 Å². The molecule has 4 rings (SSSR count). The van der Waals surface area contributed by atoms with Gasteiger partial charge in [0.25, 0.3) is 5.91 Å². The summed E-state index contributed by atoms with van der Waals surface area (Å²) in [6, 6.07) is 26.7. The van der Waals surface area contributed by atoms with Crippen LogP contribution < -0.4 is 10.6 Å². The first-order valence-corrected chi connectivity index (χ1v) is 11.6. The van der Waals surface area contributed by atoms with Crippen LogP contribution in [0.25, 0.3) is 0 Å². The highest BCUT2D eigenvalue weighted by Crippen LogP contribution is 2.18. The van der Waals surface area contributed by atoms with Gasteiger partial charge in [-0.15, -0.1) is 0 Å². The molecule has 0 aromatic heterocycles. The molecule has 3 aromatic rings. The number of hydrogen-bond donors (Lipinski definition) is 2. The van der Waals surface area contributed by atoms with Crippen molar-refractivity contribution in [3.8, 4) is 0 Å². The lowest BCUT2D eigenvalue weighted by Crippen LogP contribution is -2.33. The van der Waals surface area contributed by atoms with Gasteiger partial charge in [0.2, 0.25) is 5.91 Å². The van der Waals surface area contributed by atoms with E-state index in [1.165, 1.54) is 31.5 Å². The molecular formula is C28H31N3O2. The second-order valence-corrected chi connectivity index (χ2v) is 8.58. The predicted molar refractivity (Wildman–Crippen MR) is 131 cm³/mol. The number of nitrogens with one attached hydrogen (secondary N) is 2. The number of carbonyl (C=O) groups is 2. The molecule has 0 aliphatic carbocycles. The second-order valence-electron chi connectivity index (χ2n) is 8.58. The molecule has 0 saturated carbocycles. The third-order valence-electron chi connectivity index (χ3n) is 6.05. The van der Waals surface area contributed by atoms with Crippen LogP contribution >= 0.6 is 0 Å². The van der Waals surface area contributed by atoms with Crippen LogP contribution in [0.15, 0.2) is 84.9 Å². The van der Waals surface area contributed by atoms with Crippen LogP contribution in [-0.4, -0.2) is 29.8 Å². The zero-order valence-electron chi connectivity index (χ0n) is 18.9. The van der Waals surface area contributed by atoms with E-state index < -0.39 is 6.04 Å². The molecule has 0 bridgehead atoms. The number of benzene rings is 3. The summed E-state index contributed by atoms with van der Waals surface area (Å²) >= 11 is 0.